The minimum atomic E-state index is -4.65. The summed E-state index contributed by atoms with van der Waals surface area (Å²) in [5.74, 6) is -0.261. The van der Waals surface area contributed by atoms with Gasteiger partial charge in [0.15, 0.2) is 5.69 Å². The third kappa shape index (κ3) is 4.70. The Morgan fingerprint density at radius 1 is 1.24 bits per heavy atom. The number of rotatable bonds is 4. The summed E-state index contributed by atoms with van der Waals surface area (Å²) in [5.41, 5.74) is 1.36. The van der Waals surface area contributed by atoms with Crippen molar-refractivity contribution < 1.29 is 22.7 Å². The fourth-order valence-electron chi connectivity index (χ4n) is 3.27. The molecule has 0 radical (unpaired) electrons. The lowest BCUT2D eigenvalue weighted by atomic mass is 10.0. The largest absolute Gasteiger partial charge is 0.435 e. The molecule has 0 saturated carbocycles. The maximum Gasteiger partial charge on any atom is 0.435 e. The van der Waals surface area contributed by atoms with Gasteiger partial charge in [0.25, 0.3) is 6.47 Å². The summed E-state index contributed by atoms with van der Waals surface area (Å²) < 4.78 is 46.2. The van der Waals surface area contributed by atoms with Gasteiger partial charge in [0, 0.05) is 16.8 Å². The Morgan fingerprint density at radius 2 is 1.93 bits per heavy atom. The van der Waals surface area contributed by atoms with Crippen molar-refractivity contribution in [2.75, 3.05) is 0 Å². The Kier molecular flexibility index (Phi) is 6.12. The Hall–Kier alpha value is -2.61. The zero-order valence-electron chi connectivity index (χ0n) is 15.9. The zero-order valence-corrected chi connectivity index (χ0v) is 16.6. The summed E-state index contributed by atoms with van der Waals surface area (Å²) in [4.78, 5) is 15.5. The molecule has 0 fully saturated rings. The molecule has 0 unspecified atom stereocenters. The monoisotopic (exact) mass is 425 g/mol. The van der Waals surface area contributed by atoms with Crippen LogP contribution in [0.1, 0.15) is 48.2 Å². The first-order valence-electron chi connectivity index (χ1n) is 9.03. The average Bonchev–Trinajstić information content (AvgIpc) is 3.10. The summed E-state index contributed by atoms with van der Waals surface area (Å²) in [6.45, 7) is 3.66. The van der Waals surface area contributed by atoms with Crippen LogP contribution in [-0.4, -0.2) is 22.2 Å². The standard InChI is InChI=1S/C20H19ClF3N3O2/c1-12-8-14(21)9-13(2)18(12)25-19(29-11-28)16-10-17(20(22,23)24)26-27(16)15-6-4-3-5-7-15/h6,8-11H,3-5,7H2,1-2H3. The van der Waals surface area contributed by atoms with Crippen LogP contribution in [0.2, 0.25) is 5.02 Å². The van der Waals surface area contributed by atoms with Crippen LogP contribution in [0.15, 0.2) is 29.3 Å². The van der Waals surface area contributed by atoms with E-state index in [-0.39, 0.29) is 18.1 Å². The van der Waals surface area contributed by atoms with Gasteiger partial charge in [-0.25, -0.2) is 9.67 Å². The van der Waals surface area contributed by atoms with Crippen molar-refractivity contribution in [1.82, 2.24) is 9.78 Å². The molecule has 0 N–H and O–H groups in total. The van der Waals surface area contributed by atoms with Crippen molar-refractivity contribution in [2.45, 2.75) is 45.7 Å². The van der Waals surface area contributed by atoms with E-state index in [0.717, 1.165) is 25.3 Å². The van der Waals surface area contributed by atoms with Gasteiger partial charge in [0.1, 0.15) is 5.69 Å². The number of ether oxygens (including phenoxy) is 1. The average molecular weight is 426 g/mol. The SMILES string of the molecule is Cc1cc(Cl)cc(C)c1N=C(OC=O)c1cc(C(F)(F)F)nn1C1=CCCCC1. The number of carbonyl (C=O) groups excluding carboxylic acids is 1. The van der Waals surface area contributed by atoms with Crippen LogP contribution in [0, 0.1) is 13.8 Å². The van der Waals surface area contributed by atoms with Crippen molar-refractivity contribution >= 4 is 35.4 Å². The quantitative estimate of drug-likeness (QED) is 0.351. The third-order valence-electron chi connectivity index (χ3n) is 4.59. The number of aromatic nitrogens is 2. The van der Waals surface area contributed by atoms with Gasteiger partial charge in [-0.2, -0.15) is 18.3 Å². The summed E-state index contributed by atoms with van der Waals surface area (Å²) in [6, 6.07) is 4.19. The molecule has 0 bridgehead atoms. The smallest absolute Gasteiger partial charge is 0.407 e. The Morgan fingerprint density at radius 3 is 2.48 bits per heavy atom. The second kappa shape index (κ2) is 8.41. The maximum absolute atomic E-state index is 13.3. The van der Waals surface area contributed by atoms with Crippen LogP contribution >= 0.6 is 11.6 Å². The van der Waals surface area contributed by atoms with Gasteiger partial charge >= 0.3 is 6.18 Å². The zero-order chi connectivity index (χ0) is 21.2. The number of carbonyl (C=O) groups is 1. The normalized spacial score (nSPS) is 15.2. The van der Waals surface area contributed by atoms with Crippen LogP contribution in [0.25, 0.3) is 5.70 Å². The van der Waals surface area contributed by atoms with Crippen LogP contribution < -0.4 is 0 Å². The second-order valence-electron chi connectivity index (χ2n) is 6.78. The minimum absolute atomic E-state index is 0.0358. The highest BCUT2D eigenvalue weighted by Gasteiger charge is 2.36. The van der Waals surface area contributed by atoms with E-state index >= 15 is 0 Å². The molecule has 1 heterocycles. The predicted molar refractivity (Wildman–Crippen MR) is 104 cm³/mol. The number of nitrogens with zero attached hydrogens (tertiary/aromatic N) is 3. The molecule has 5 nitrogen and oxygen atoms in total. The van der Waals surface area contributed by atoms with Gasteiger partial charge in [-0.1, -0.05) is 17.7 Å². The number of aryl methyl sites for hydroxylation is 2. The third-order valence-corrected chi connectivity index (χ3v) is 4.81. The number of hydrogen-bond donors (Lipinski definition) is 0. The van der Waals surface area contributed by atoms with E-state index < -0.39 is 11.9 Å². The number of halogens is 4. The molecule has 1 aliphatic carbocycles. The van der Waals surface area contributed by atoms with E-state index in [1.807, 2.05) is 6.08 Å². The number of allylic oxidation sites excluding steroid dienone is 2. The molecule has 2 aromatic rings. The van der Waals surface area contributed by atoms with Crippen molar-refractivity contribution in [2.24, 2.45) is 4.99 Å². The van der Waals surface area contributed by atoms with E-state index in [0.29, 0.717) is 34.0 Å². The number of alkyl halides is 3. The van der Waals surface area contributed by atoms with Gasteiger partial charge in [-0.15, -0.1) is 0 Å². The molecule has 1 aromatic carbocycles. The van der Waals surface area contributed by atoms with Crippen molar-refractivity contribution in [3.05, 3.63) is 51.8 Å². The Labute approximate surface area is 170 Å². The fourth-order valence-corrected chi connectivity index (χ4v) is 3.60. The molecule has 0 aliphatic heterocycles. The van der Waals surface area contributed by atoms with Crippen molar-refractivity contribution in [3.63, 3.8) is 0 Å². The molecular formula is C20H19ClF3N3O2. The molecule has 1 aromatic heterocycles. The van der Waals surface area contributed by atoms with E-state index in [1.54, 1.807) is 26.0 Å². The highest BCUT2D eigenvalue weighted by atomic mass is 35.5. The number of benzene rings is 1. The maximum atomic E-state index is 13.3. The van der Waals surface area contributed by atoms with E-state index in [9.17, 15) is 18.0 Å². The summed E-state index contributed by atoms with van der Waals surface area (Å²) in [6.07, 6.45) is 0.306. The van der Waals surface area contributed by atoms with Crippen LogP contribution in [0.3, 0.4) is 0 Å². The lowest BCUT2D eigenvalue weighted by Gasteiger charge is -2.16. The molecule has 1 aliphatic rings. The Bertz CT molecular complexity index is 970. The summed E-state index contributed by atoms with van der Waals surface area (Å²) in [5, 5.41) is 4.24. The molecular weight excluding hydrogens is 407 g/mol. The first-order chi connectivity index (χ1) is 13.7. The summed E-state index contributed by atoms with van der Waals surface area (Å²) in [7, 11) is 0. The minimum Gasteiger partial charge on any atom is -0.407 e. The topological polar surface area (TPSA) is 56.5 Å². The van der Waals surface area contributed by atoms with E-state index in [1.165, 1.54) is 4.68 Å². The van der Waals surface area contributed by atoms with Gasteiger partial charge in [0.05, 0.1) is 5.69 Å². The van der Waals surface area contributed by atoms with Crippen molar-refractivity contribution in [3.8, 4) is 0 Å². The first-order valence-corrected chi connectivity index (χ1v) is 9.41. The Balaban J connectivity index is 2.20. The van der Waals surface area contributed by atoms with E-state index in [4.69, 9.17) is 16.3 Å². The van der Waals surface area contributed by atoms with Crippen LogP contribution in [0.5, 0.6) is 0 Å². The van der Waals surface area contributed by atoms with Crippen LogP contribution in [-0.2, 0) is 15.7 Å². The molecule has 0 amide bonds. The van der Waals surface area contributed by atoms with Gasteiger partial charge in [0.2, 0.25) is 5.90 Å². The van der Waals surface area contributed by atoms with Gasteiger partial charge < -0.3 is 4.74 Å². The molecule has 0 atom stereocenters. The summed E-state index contributed by atoms with van der Waals surface area (Å²) >= 11 is 6.03. The highest BCUT2D eigenvalue weighted by Crippen LogP contribution is 2.33. The highest BCUT2D eigenvalue weighted by molar-refractivity contribution is 6.30. The molecule has 29 heavy (non-hydrogen) atoms. The van der Waals surface area contributed by atoms with Gasteiger partial charge in [-0.05, 0) is 62.8 Å². The molecule has 0 spiro atoms. The first kappa shape index (κ1) is 21.1. The van der Waals surface area contributed by atoms with Crippen LogP contribution in [0.4, 0.5) is 18.9 Å². The molecule has 0 saturated heterocycles. The van der Waals surface area contributed by atoms with Gasteiger partial charge in [-0.3, -0.25) is 4.79 Å². The second-order valence-corrected chi connectivity index (χ2v) is 7.22. The predicted octanol–water partition coefficient (Wildman–Crippen LogP) is 5.84. The fraction of sp³-hybridized carbons (Fsp3) is 0.350. The van der Waals surface area contributed by atoms with Crippen molar-refractivity contribution in [1.29, 1.82) is 0 Å². The molecule has 154 valence electrons. The molecule has 9 heteroatoms. The lowest BCUT2D eigenvalue weighted by molar-refractivity contribution is -0.141. The lowest BCUT2D eigenvalue weighted by Crippen LogP contribution is -2.15. The number of aliphatic imine (C=N–C) groups is 1. The molecule has 3 rings (SSSR count). The van der Waals surface area contributed by atoms with E-state index in [2.05, 4.69) is 10.1 Å². The number of hydrogen-bond acceptors (Lipinski definition) is 4.